The number of piperazine rings is 1. The van der Waals surface area contributed by atoms with E-state index in [9.17, 15) is 17.2 Å². The Morgan fingerprint density at radius 2 is 1.79 bits per heavy atom. The van der Waals surface area contributed by atoms with Crippen molar-refractivity contribution < 1.29 is 21.9 Å². The molecule has 29 heavy (non-hydrogen) atoms. The molecule has 1 saturated heterocycles. The van der Waals surface area contributed by atoms with Crippen LogP contribution in [-0.2, 0) is 10.0 Å². The van der Waals surface area contributed by atoms with Gasteiger partial charge >= 0.3 is 0 Å². The summed E-state index contributed by atoms with van der Waals surface area (Å²) in [6.45, 7) is 4.27. The molecule has 158 valence electrons. The van der Waals surface area contributed by atoms with Gasteiger partial charge in [0.2, 0.25) is 10.0 Å². The van der Waals surface area contributed by atoms with Crippen molar-refractivity contribution in [1.29, 1.82) is 0 Å². The van der Waals surface area contributed by atoms with Gasteiger partial charge in [-0.2, -0.15) is 0 Å². The van der Waals surface area contributed by atoms with Crippen LogP contribution in [0.25, 0.3) is 0 Å². The second kappa shape index (κ2) is 9.51. The van der Waals surface area contributed by atoms with Crippen LogP contribution in [0.5, 0.6) is 5.75 Å². The predicted molar refractivity (Wildman–Crippen MR) is 108 cm³/mol. The van der Waals surface area contributed by atoms with E-state index in [1.54, 1.807) is 7.11 Å². The van der Waals surface area contributed by atoms with Gasteiger partial charge in [-0.25, -0.2) is 21.9 Å². The minimum Gasteiger partial charge on any atom is -0.495 e. The van der Waals surface area contributed by atoms with Gasteiger partial charge in [0.15, 0.2) is 0 Å². The van der Waals surface area contributed by atoms with Crippen LogP contribution in [0.4, 0.5) is 14.5 Å². The highest BCUT2D eigenvalue weighted by atomic mass is 32.2. The first kappa shape index (κ1) is 21.5. The molecule has 0 aromatic heterocycles. The molecule has 2 aromatic rings. The van der Waals surface area contributed by atoms with Crippen LogP contribution in [0.1, 0.15) is 6.42 Å². The number of hydrogen-bond acceptors (Lipinski definition) is 5. The molecule has 2 aromatic carbocycles. The number of nitrogens with one attached hydrogen (secondary N) is 1. The maximum absolute atomic E-state index is 13.7. The van der Waals surface area contributed by atoms with Crippen molar-refractivity contribution in [2.75, 3.05) is 51.3 Å². The summed E-state index contributed by atoms with van der Waals surface area (Å²) in [5, 5.41) is 0. The Kier molecular flexibility index (Phi) is 7.05. The first-order valence-corrected chi connectivity index (χ1v) is 10.9. The van der Waals surface area contributed by atoms with Crippen molar-refractivity contribution in [2.24, 2.45) is 0 Å². The van der Waals surface area contributed by atoms with E-state index < -0.39 is 26.6 Å². The monoisotopic (exact) mass is 425 g/mol. The molecule has 0 atom stereocenters. The molecule has 1 aliphatic rings. The number of anilines is 1. The van der Waals surface area contributed by atoms with Gasteiger partial charge in [0.1, 0.15) is 22.3 Å². The van der Waals surface area contributed by atoms with Crippen LogP contribution in [0.3, 0.4) is 0 Å². The molecular formula is C20H25F2N3O3S. The van der Waals surface area contributed by atoms with Gasteiger partial charge in [-0.15, -0.1) is 0 Å². The zero-order chi connectivity index (χ0) is 20.9. The third kappa shape index (κ3) is 5.43. The van der Waals surface area contributed by atoms with Crippen molar-refractivity contribution >= 4 is 15.7 Å². The largest absolute Gasteiger partial charge is 0.495 e. The zero-order valence-electron chi connectivity index (χ0n) is 16.3. The Hall–Kier alpha value is -2.23. The number of hydrogen-bond donors (Lipinski definition) is 1. The number of methoxy groups -OCH3 is 1. The lowest BCUT2D eigenvalue weighted by Crippen LogP contribution is -2.47. The standard InChI is InChI=1S/C20H25F2N3O3S/c1-28-19-6-3-2-5-18(19)25-13-11-24(12-14-25)10-4-9-23-29(26,27)20-15-16(21)7-8-17(20)22/h2-3,5-8,15,23H,4,9-14H2,1H3. The summed E-state index contributed by atoms with van der Waals surface area (Å²) in [5.74, 6) is -0.911. The van der Waals surface area contributed by atoms with E-state index in [1.807, 2.05) is 24.3 Å². The minimum absolute atomic E-state index is 0.158. The number of halogens is 2. The Bertz CT molecular complexity index is 932. The second-order valence-electron chi connectivity index (χ2n) is 6.83. The van der Waals surface area contributed by atoms with E-state index >= 15 is 0 Å². The highest BCUT2D eigenvalue weighted by Crippen LogP contribution is 2.28. The summed E-state index contributed by atoms with van der Waals surface area (Å²) >= 11 is 0. The Balaban J connectivity index is 1.45. The van der Waals surface area contributed by atoms with E-state index in [0.717, 1.165) is 49.7 Å². The summed E-state index contributed by atoms with van der Waals surface area (Å²) in [4.78, 5) is 3.86. The maximum atomic E-state index is 13.7. The first-order valence-electron chi connectivity index (χ1n) is 9.46. The molecule has 0 amide bonds. The lowest BCUT2D eigenvalue weighted by Gasteiger charge is -2.36. The minimum atomic E-state index is -4.07. The van der Waals surface area contributed by atoms with Gasteiger partial charge in [-0.05, 0) is 43.3 Å². The highest BCUT2D eigenvalue weighted by molar-refractivity contribution is 7.89. The molecule has 6 nitrogen and oxygen atoms in total. The van der Waals surface area contributed by atoms with Crippen LogP contribution >= 0.6 is 0 Å². The average Bonchev–Trinajstić information content (AvgIpc) is 2.73. The molecule has 0 radical (unpaired) electrons. The smallest absolute Gasteiger partial charge is 0.243 e. The van der Waals surface area contributed by atoms with Gasteiger partial charge in [0.05, 0.1) is 12.8 Å². The van der Waals surface area contributed by atoms with Crippen LogP contribution in [0.15, 0.2) is 47.4 Å². The summed E-state index contributed by atoms with van der Waals surface area (Å²) < 4.78 is 59.0. The zero-order valence-corrected chi connectivity index (χ0v) is 17.1. The molecule has 1 fully saturated rings. The molecule has 0 bridgehead atoms. The molecular weight excluding hydrogens is 400 g/mol. The Labute approximate surface area is 170 Å². The van der Waals surface area contributed by atoms with Gasteiger partial charge in [0, 0.05) is 32.7 Å². The van der Waals surface area contributed by atoms with E-state index in [2.05, 4.69) is 14.5 Å². The molecule has 1 aliphatic heterocycles. The number of nitrogens with zero attached hydrogens (tertiary/aromatic N) is 2. The average molecular weight is 426 g/mol. The molecule has 0 aliphatic carbocycles. The molecule has 1 heterocycles. The fraction of sp³-hybridized carbons (Fsp3) is 0.400. The van der Waals surface area contributed by atoms with Crippen molar-refractivity contribution in [2.45, 2.75) is 11.3 Å². The number of benzene rings is 2. The topological polar surface area (TPSA) is 61.9 Å². The number of sulfonamides is 1. The van der Waals surface area contributed by atoms with Crippen molar-refractivity contribution in [3.8, 4) is 5.75 Å². The highest BCUT2D eigenvalue weighted by Gasteiger charge is 2.21. The quantitative estimate of drug-likeness (QED) is 0.659. The Morgan fingerprint density at radius 3 is 2.52 bits per heavy atom. The van der Waals surface area contributed by atoms with Gasteiger partial charge in [-0.3, -0.25) is 4.90 Å². The van der Waals surface area contributed by atoms with Gasteiger partial charge < -0.3 is 9.64 Å². The normalized spacial score (nSPS) is 15.5. The van der Waals surface area contributed by atoms with Crippen LogP contribution < -0.4 is 14.4 Å². The van der Waals surface area contributed by atoms with Gasteiger partial charge in [0.25, 0.3) is 0 Å². The molecule has 9 heteroatoms. The van der Waals surface area contributed by atoms with Crippen LogP contribution in [-0.4, -0.2) is 59.7 Å². The first-order chi connectivity index (χ1) is 13.9. The molecule has 3 rings (SSSR count). The van der Waals surface area contributed by atoms with E-state index in [1.165, 1.54) is 0 Å². The lowest BCUT2D eigenvalue weighted by molar-refractivity contribution is 0.254. The fourth-order valence-electron chi connectivity index (χ4n) is 3.37. The fourth-order valence-corrected chi connectivity index (χ4v) is 4.53. The number of rotatable bonds is 8. The summed E-state index contributed by atoms with van der Waals surface area (Å²) in [6, 6.07) is 10.3. The maximum Gasteiger partial charge on any atom is 0.243 e. The summed E-state index contributed by atoms with van der Waals surface area (Å²) in [7, 11) is -2.42. The van der Waals surface area contributed by atoms with Gasteiger partial charge in [-0.1, -0.05) is 12.1 Å². The molecule has 0 saturated carbocycles. The van der Waals surface area contributed by atoms with E-state index in [4.69, 9.17) is 4.74 Å². The molecule has 1 N–H and O–H groups in total. The van der Waals surface area contributed by atoms with Crippen molar-refractivity contribution in [1.82, 2.24) is 9.62 Å². The Morgan fingerprint density at radius 1 is 1.07 bits per heavy atom. The van der Waals surface area contributed by atoms with Crippen LogP contribution in [0.2, 0.25) is 0 Å². The van der Waals surface area contributed by atoms with Crippen LogP contribution in [0, 0.1) is 11.6 Å². The SMILES string of the molecule is COc1ccccc1N1CCN(CCCNS(=O)(=O)c2cc(F)ccc2F)CC1. The molecule has 0 unspecified atom stereocenters. The second-order valence-corrected chi connectivity index (χ2v) is 8.56. The van der Waals surface area contributed by atoms with E-state index in [-0.39, 0.29) is 6.54 Å². The van der Waals surface area contributed by atoms with E-state index in [0.29, 0.717) is 19.0 Å². The van der Waals surface area contributed by atoms with Crippen molar-refractivity contribution in [3.63, 3.8) is 0 Å². The summed E-state index contributed by atoms with van der Waals surface area (Å²) in [6.07, 6.45) is 0.574. The number of ether oxygens (including phenoxy) is 1. The van der Waals surface area contributed by atoms with Crippen molar-refractivity contribution in [3.05, 3.63) is 54.1 Å². The summed E-state index contributed by atoms with van der Waals surface area (Å²) in [5.41, 5.74) is 1.07. The molecule has 0 spiro atoms. The third-order valence-corrected chi connectivity index (χ3v) is 6.40. The third-order valence-electron chi connectivity index (χ3n) is 4.92. The lowest BCUT2D eigenvalue weighted by atomic mass is 10.2. The predicted octanol–water partition coefficient (Wildman–Crippen LogP) is 2.46. The number of para-hydroxylation sites is 2.